The van der Waals surface area contributed by atoms with Gasteiger partial charge in [0.05, 0.1) is 37.0 Å². The van der Waals surface area contributed by atoms with Gasteiger partial charge in [0.1, 0.15) is 17.0 Å². The zero-order valence-corrected chi connectivity index (χ0v) is 18.5. The average molecular weight is 457 g/mol. The number of aromatic nitrogens is 6. The molecule has 0 saturated carbocycles. The molecule has 10 nitrogen and oxygen atoms in total. The Hall–Kier alpha value is -4.31. The lowest BCUT2D eigenvalue weighted by Gasteiger charge is -2.19. The Balaban J connectivity index is 1.57. The van der Waals surface area contributed by atoms with Gasteiger partial charge in [0, 0.05) is 19.9 Å². The van der Waals surface area contributed by atoms with E-state index in [-0.39, 0.29) is 17.5 Å². The third-order valence-corrected chi connectivity index (χ3v) is 5.65. The van der Waals surface area contributed by atoms with Crippen LogP contribution in [0.4, 0.5) is 0 Å². The van der Waals surface area contributed by atoms with Crippen LogP contribution in [-0.2, 0) is 17.8 Å². The van der Waals surface area contributed by atoms with E-state index in [2.05, 4.69) is 20.5 Å². The van der Waals surface area contributed by atoms with Gasteiger partial charge in [-0.3, -0.25) is 14.0 Å². The number of rotatable bonds is 8. The van der Waals surface area contributed by atoms with Gasteiger partial charge in [-0.15, -0.1) is 0 Å². The topological polar surface area (TPSA) is 108 Å². The van der Waals surface area contributed by atoms with E-state index in [9.17, 15) is 9.59 Å². The van der Waals surface area contributed by atoms with E-state index in [1.165, 1.54) is 9.20 Å². The van der Waals surface area contributed by atoms with Crippen molar-refractivity contribution in [3.05, 3.63) is 94.8 Å². The normalized spacial score (nSPS) is 12.3. The molecule has 34 heavy (non-hydrogen) atoms. The lowest BCUT2D eigenvalue weighted by atomic mass is 10.1. The number of carbonyl (C=O) groups is 1. The number of hydrogen-bond acceptors (Lipinski definition) is 6. The average Bonchev–Trinajstić information content (AvgIpc) is 3.51. The van der Waals surface area contributed by atoms with E-state index < -0.39 is 0 Å². The molecule has 0 aliphatic heterocycles. The van der Waals surface area contributed by atoms with E-state index in [0.29, 0.717) is 42.1 Å². The zero-order chi connectivity index (χ0) is 23.5. The minimum Gasteiger partial charge on any atom is -0.383 e. The second kappa shape index (κ2) is 9.28. The van der Waals surface area contributed by atoms with Gasteiger partial charge in [0.2, 0.25) is 0 Å². The summed E-state index contributed by atoms with van der Waals surface area (Å²) in [6.45, 7) is 1.08. The molecule has 0 aliphatic rings. The van der Waals surface area contributed by atoms with E-state index in [0.717, 1.165) is 5.56 Å². The van der Waals surface area contributed by atoms with Gasteiger partial charge in [-0.05, 0) is 23.8 Å². The lowest BCUT2D eigenvalue weighted by Crippen LogP contribution is -2.33. The van der Waals surface area contributed by atoms with Crippen LogP contribution in [-0.4, -0.2) is 48.6 Å². The van der Waals surface area contributed by atoms with Gasteiger partial charge in [-0.25, -0.2) is 4.98 Å². The molecule has 5 aromatic rings. The molecule has 1 unspecified atom stereocenters. The van der Waals surface area contributed by atoms with Crippen molar-refractivity contribution in [2.24, 2.45) is 0 Å². The molecule has 1 aromatic carbocycles. The minimum absolute atomic E-state index is 0.230. The molecule has 4 heterocycles. The summed E-state index contributed by atoms with van der Waals surface area (Å²) in [5, 5.41) is 11.8. The van der Waals surface area contributed by atoms with Crippen molar-refractivity contribution in [1.82, 2.24) is 34.3 Å². The first-order valence-corrected chi connectivity index (χ1v) is 10.8. The van der Waals surface area contributed by atoms with Crippen LogP contribution in [0.2, 0.25) is 0 Å². The van der Waals surface area contributed by atoms with Crippen molar-refractivity contribution in [2.75, 3.05) is 13.7 Å². The molecule has 0 saturated heterocycles. The number of pyridine rings is 1. The molecule has 1 N–H and O–H groups in total. The molecule has 0 bridgehead atoms. The van der Waals surface area contributed by atoms with E-state index in [1.54, 1.807) is 48.5 Å². The van der Waals surface area contributed by atoms with Crippen LogP contribution >= 0.6 is 0 Å². The highest BCUT2D eigenvalue weighted by Gasteiger charge is 2.23. The molecule has 4 aromatic heterocycles. The van der Waals surface area contributed by atoms with Crippen molar-refractivity contribution < 1.29 is 9.53 Å². The van der Waals surface area contributed by atoms with E-state index in [1.807, 2.05) is 36.4 Å². The number of nitrogens with zero attached hydrogens (tertiary/aromatic N) is 6. The number of nitrogens with one attached hydrogen (secondary N) is 1. The van der Waals surface area contributed by atoms with Crippen molar-refractivity contribution >= 4 is 22.6 Å². The molecular formula is C24H23N7O3. The van der Waals surface area contributed by atoms with Crippen LogP contribution in [0.3, 0.4) is 0 Å². The smallest absolute Gasteiger partial charge is 0.268 e. The summed E-state index contributed by atoms with van der Waals surface area (Å²) < 4.78 is 8.46. The molecule has 0 spiro atoms. The summed E-state index contributed by atoms with van der Waals surface area (Å²) in [6, 6.07) is 16.2. The summed E-state index contributed by atoms with van der Waals surface area (Å²) in [5.74, 6) is -0.330. The Bertz CT molecular complexity index is 1490. The summed E-state index contributed by atoms with van der Waals surface area (Å²) in [5.41, 5.74) is 1.98. The standard InChI is InChI=1S/C24H23N7O3/c1-34-14-13-29-20(15-18-22(29)28-21-9-5-6-12-30(21)24(18)33)23(32)27-19(16-31-25-10-11-26-31)17-7-3-2-4-8-17/h2-12,15,19H,13-14,16H2,1H3,(H,27,32). The fraction of sp³-hybridized carbons (Fsp3) is 0.208. The van der Waals surface area contributed by atoms with Crippen molar-refractivity contribution in [3.63, 3.8) is 0 Å². The van der Waals surface area contributed by atoms with Crippen LogP contribution in [0.1, 0.15) is 22.1 Å². The van der Waals surface area contributed by atoms with Gasteiger partial charge in [-0.2, -0.15) is 15.0 Å². The fourth-order valence-electron chi connectivity index (χ4n) is 4.00. The van der Waals surface area contributed by atoms with Crippen LogP contribution in [0.25, 0.3) is 16.7 Å². The van der Waals surface area contributed by atoms with E-state index >= 15 is 0 Å². The van der Waals surface area contributed by atoms with Gasteiger partial charge in [-0.1, -0.05) is 36.4 Å². The second-order valence-corrected chi connectivity index (χ2v) is 7.78. The van der Waals surface area contributed by atoms with E-state index in [4.69, 9.17) is 4.74 Å². The number of amides is 1. The maximum Gasteiger partial charge on any atom is 0.268 e. The monoisotopic (exact) mass is 457 g/mol. The highest BCUT2D eigenvalue weighted by atomic mass is 16.5. The zero-order valence-electron chi connectivity index (χ0n) is 18.5. The molecule has 0 radical (unpaired) electrons. The van der Waals surface area contributed by atoms with Crippen molar-refractivity contribution in [1.29, 1.82) is 0 Å². The van der Waals surface area contributed by atoms with Crippen LogP contribution < -0.4 is 10.9 Å². The largest absolute Gasteiger partial charge is 0.383 e. The first kappa shape index (κ1) is 21.5. The second-order valence-electron chi connectivity index (χ2n) is 7.78. The Kier molecular flexibility index (Phi) is 5.88. The van der Waals surface area contributed by atoms with Gasteiger partial charge < -0.3 is 14.6 Å². The molecular weight excluding hydrogens is 434 g/mol. The molecule has 10 heteroatoms. The van der Waals surface area contributed by atoms with Crippen LogP contribution in [0, 0.1) is 0 Å². The first-order chi connectivity index (χ1) is 16.7. The van der Waals surface area contributed by atoms with Gasteiger partial charge >= 0.3 is 0 Å². The molecule has 0 fully saturated rings. The third-order valence-electron chi connectivity index (χ3n) is 5.65. The summed E-state index contributed by atoms with van der Waals surface area (Å²) in [4.78, 5) is 32.9. The Morgan fingerprint density at radius 2 is 1.85 bits per heavy atom. The first-order valence-electron chi connectivity index (χ1n) is 10.8. The number of benzene rings is 1. The Morgan fingerprint density at radius 3 is 2.62 bits per heavy atom. The maximum absolute atomic E-state index is 13.6. The SMILES string of the molecule is COCCn1c(C(=O)NC(Cn2nccn2)c2ccccc2)cc2c(=O)n3ccccc3nc21. The highest BCUT2D eigenvalue weighted by molar-refractivity contribution is 5.98. The molecule has 5 rings (SSSR count). The van der Waals surface area contributed by atoms with Crippen molar-refractivity contribution in [2.45, 2.75) is 19.1 Å². The van der Waals surface area contributed by atoms with Crippen molar-refractivity contribution in [3.8, 4) is 0 Å². The number of ether oxygens (including phenoxy) is 1. The predicted molar refractivity (Wildman–Crippen MR) is 126 cm³/mol. The van der Waals surface area contributed by atoms with Crippen LogP contribution in [0.15, 0.2) is 78.0 Å². The molecule has 1 amide bonds. The number of hydrogen-bond donors (Lipinski definition) is 1. The number of fused-ring (bicyclic) bond motifs is 2. The summed E-state index contributed by atoms with van der Waals surface area (Å²) >= 11 is 0. The molecule has 172 valence electrons. The molecule has 0 aliphatic carbocycles. The summed E-state index contributed by atoms with van der Waals surface area (Å²) in [6.07, 6.45) is 4.85. The minimum atomic E-state index is -0.386. The number of carbonyl (C=O) groups excluding carboxylic acids is 1. The third kappa shape index (κ3) is 4.06. The fourth-order valence-corrected chi connectivity index (χ4v) is 4.00. The maximum atomic E-state index is 13.6. The van der Waals surface area contributed by atoms with Gasteiger partial charge in [0.25, 0.3) is 11.5 Å². The van der Waals surface area contributed by atoms with Gasteiger partial charge in [0.15, 0.2) is 0 Å². The summed E-state index contributed by atoms with van der Waals surface area (Å²) in [7, 11) is 1.59. The Labute approximate surface area is 194 Å². The number of methoxy groups -OCH3 is 1. The predicted octanol–water partition coefficient (Wildman–Crippen LogP) is 2.06. The molecule has 1 atom stereocenters. The quantitative estimate of drug-likeness (QED) is 0.382. The lowest BCUT2D eigenvalue weighted by molar-refractivity contribution is 0.0919. The highest BCUT2D eigenvalue weighted by Crippen LogP contribution is 2.20. The Morgan fingerprint density at radius 1 is 1.09 bits per heavy atom. The van der Waals surface area contributed by atoms with Crippen LogP contribution in [0.5, 0.6) is 0 Å².